The molecule has 0 fully saturated rings. The molecule has 1 heterocycles. The van der Waals surface area contributed by atoms with E-state index in [2.05, 4.69) is 16.0 Å². The fourth-order valence-corrected chi connectivity index (χ4v) is 2.09. The van der Waals surface area contributed by atoms with Gasteiger partial charge in [0.15, 0.2) is 0 Å². The van der Waals surface area contributed by atoms with Gasteiger partial charge in [-0.2, -0.15) is 0 Å². The minimum absolute atomic E-state index is 0.113. The molecule has 0 spiro atoms. The number of hydrogen-bond acceptors (Lipinski definition) is 3. The Labute approximate surface area is 122 Å². The molecule has 0 atom stereocenters. The fraction of sp³-hybridized carbons (Fsp3) is 0.333. The standard InChI is InChI=1S/C15H19N3O3/c1-10-13(12-5-3-4-6-14(12)21-10)9-18-15(20)17-8-7-16-11(2)19/h3-6H,7-9H2,1-2H3,(H,16,19)(H2,17,18,20). The van der Waals surface area contributed by atoms with E-state index in [0.29, 0.717) is 19.6 Å². The largest absolute Gasteiger partial charge is 0.461 e. The summed E-state index contributed by atoms with van der Waals surface area (Å²) >= 11 is 0. The van der Waals surface area contributed by atoms with Gasteiger partial charge in [0.1, 0.15) is 11.3 Å². The third-order valence-electron chi connectivity index (χ3n) is 3.11. The molecular formula is C15H19N3O3. The van der Waals surface area contributed by atoms with E-state index in [1.807, 2.05) is 31.2 Å². The zero-order chi connectivity index (χ0) is 15.2. The van der Waals surface area contributed by atoms with Crippen molar-refractivity contribution in [3.05, 3.63) is 35.6 Å². The van der Waals surface area contributed by atoms with Crippen LogP contribution in [0, 0.1) is 6.92 Å². The lowest BCUT2D eigenvalue weighted by Gasteiger charge is -2.07. The van der Waals surface area contributed by atoms with Gasteiger partial charge in [-0.3, -0.25) is 4.79 Å². The first-order valence-electron chi connectivity index (χ1n) is 6.81. The van der Waals surface area contributed by atoms with Crippen molar-refractivity contribution in [3.8, 4) is 0 Å². The summed E-state index contributed by atoms with van der Waals surface area (Å²) in [5.41, 5.74) is 1.79. The Balaban J connectivity index is 1.85. The maximum absolute atomic E-state index is 11.7. The van der Waals surface area contributed by atoms with Crippen LogP contribution in [0.5, 0.6) is 0 Å². The number of aryl methyl sites for hydroxylation is 1. The number of carbonyl (C=O) groups excluding carboxylic acids is 2. The van der Waals surface area contributed by atoms with Crippen molar-refractivity contribution in [1.29, 1.82) is 0 Å². The van der Waals surface area contributed by atoms with Gasteiger partial charge >= 0.3 is 6.03 Å². The second-order valence-electron chi connectivity index (χ2n) is 4.73. The Kier molecular flexibility index (Phi) is 4.81. The molecule has 6 heteroatoms. The minimum Gasteiger partial charge on any atom is -0.461 e. The molecular weight excluding hydrogens is 270 g/mol. The van der Waals surface area contributed by atoms with Crippen LogP contribution in [-0.2, 0) is 11.3 Å². The van der Waals surface area contributed by atoms with Gasteiger partial charge in [-0.25, -0.2) is 4.79 Å². The third kappa shape index (κ3) is 3.98. The Hall–Kier alpha value is -2.50. The molecule has 1 aromatic heterocycles. The van der Waals surface area contributed by atoms with Crippen LogP contribution >= 0.6 is 0 Å². The monoisotopic (exact) mass is 289 g/mol. The van der Waals surface area contributed by atoms with E-state index in [-0.39, 0.29) is 11.9 Å². The molecule has 3 N–H and O–H groups in total. The average Bonchev–Trinajstić information content (AvgIpc) is 2.76. The molecule has 1 aromatic carbocycles. The molecule has 0 aliphatic carbocycles. The van der Waals surface area contributed by atoms with Crippen LogP contribution in [0.3, 0.4) is 0 Å². The van der Waals surface area contributed by atoms with Crippen molar-refractivity contribution in [2.75, 3.05) is 13.1 Å². The zero-order valence-corrected chi connectivity index (χ0v) is 12.2. The van der Waals surface area contributed by atoms with Gasteiger partial charge in [-0.05, 0) is 13.0 Å². The van der Waals surface area contributed by atoms with Gasteiger partial charge in [0.25, 0.3) is 0 Å². The molecule has 0 saturated carbocycles. The van der Waals surface area contributed by atoms with Crippen LogP contribution in [0.2, 0.25) is 0 Å². The Morgan fingerprint density at radius 2 is 1.81 bits per heavy atom. The maximum atomic E-state index is 11.7. The summed E-state index contributed by atoms with van der Waals surface area (Å²) in [5.74, 6) is 0.687. The summed E-state index contributed by atoms with van der Waals surface area (Å²) in [4.78, 5) is 22.3. The summed E-state index contributed by atoms with van der Waals surface area (Å²) in [6.45, 7) is 4.51. The highest BCUT2D eigenvalue weighted by Gasteiger charge is 2.11. The van der Waals surface area contributed by atoms with Gasteiger partial charge < -0.3 is 20.4 Å². The number of carbonyl (C=O) groups is 2. The predicted molar refractivity (Wildman–Crippen MR) is 79.9 cm³/mol. The average molecular weight is 289 g/mol. The zero-order valence-electron chi connectivity index (χ0n) is 12.2. The first-order valence-corrected chi connectivity index (χ1v) is 6.81. The molecule has 6 nitrogen and oxygen atoms in total. The summed E-state index contributed by atoms with van der Waals surface area (Å²) in [7, 11) is 0. The number of amides is 3. The molecule has 112 valence electrons. The molecule has 21 heavy (non-hydrogen) atoms. The third-order valence-corrected chi connectivity index (χ3v) is 3.11. The van der Waals surface area contributed by atoms with Crippen molar-refractivity contribution in [1.82, 2.24) is 16.0 Å². The van der Waals surface area contributed by atoms with E-state index in [1.54, 1.807) is 0 Å². The van der Waals surface area contributed by atoms with Crippen molar-refractivity contribution in [3.63, 3.8) is 0 Å². The first kappa shape index (κ1) is 14.9. The quantitative estimate of drug-likeness (QED) is 0.732. The summed E-state index contributed by atoms with van der Waals surface area (Å²) < 4.78 is 5.64. The lowest BCUT2D eigenvalue weighted by atomic mass is 10.1. The van der Waals surface area contributed by atoms with Gasteiger partial charge in [0.2, 0.25) is 5.91 Å². The highest BCUT2D eigenvalue weighted by Crippen LogP contribution is 2.24. The van der Waals surface area contributed by atoms with Crippen LogP contribution in [0.4, 0.5) is 4.79 Å². The Morgan fingerprint density at radius 1 is 1.10 bits per heavy atom. The van der Waals surface area contributed by atoms with E-state index in [9.17, 15) is 9.59 Å². The number of nitrogens with one attached hydrogen (secondary N) is 3. The molecule has 0 saturated heterocycles. The smallest absolute Gasteiger partial charge is 0.315 e. The topological polar surface area (TPSA) is 83.4 Å². The fourth-order valence-electron chi connectivity index (χ4n) is 2.09. The molecule has 0 unspecified atom stereocenters. The second-order valence-corrected chi connectivity index (χ2v) is 4.73. The molecule has 0 aliphatic rings. The summed E-state index contributed by atoms with van der Waals surface area (Å²) in [6.07, 6.45) is 0. The highest BCUT2D eigenvalue weighted by atomic mass is 16.3. The normalized spacial score (nSPS) is 10.4. The summed E-state index contributed by atoms with van der Waals surface area (Å²) in [5, 5.41) is 9.07. The molecule has 2 rings (SSSR count). The van der Waals surface area contributed by atoms with E-state index in [4.69, 9.17) is 4.42 Å². The minimum atomic E-state index is -0.273. The number of benzene rings is 1. The van der Waals surface area contributed by atoms with Gasteiger partial charge in [0, 0.05) is 37.5 Å². The predicted octanol–water partition coefficient (Wildman–Crippen LogP) is 1.68. The van der Waals surface area contributed by atoms with Gasteiger partial charge in [0.05, 0.1) is 0 Å². The Bertz CT molecular complexity index is 649. The highest BCUT2D eigenvalue weighted by molar-refractivity contribution is 5.83. The van der Waals surface area contributed by atoms with Gasteiger partial charge in [-0.1, -0.05) is 18.2 Å². The number of furan rings is 1. The van der Waals surface area contributed by atoms with E-state index in [1.165, 1.54) is 6.92 Å². The number of hydrogen-bond donors (Lipinski definition) is 3. The van der Waals surface area contributed by atoms with Crippen LogP contribution in [0.15, 0.2) is 28.7 Å². The van der Waals surface area contributed by atoms with Crippen LogP contribution in [-0.4, -0.2) is 25.0 Å². The molecule has 0 bridgehead atoms. The first-order chi connectivity index (χ1) is 10.1. The number of fused-ring (bicyclic) bond motifs is 1. The SMILES string of the molecule is CC(=O)NCCNC(=O)NCc1c(C)oc2ccccc12. The van der Waals surface area contributed by atoms with Gasteiger partial charge in [-0.15, -0.1) is 0 Å². The molecule has 3 amide bonds. The van der Waals surface area contributed by atoms with Crippen molar-refractivity contribution in [2.24, 2.45) is 0 Å². The molecule has 2 aromatic rings. The lowest BCUT2D eigenvalue weighted by Crippen LogP contribution is -2.39. The Morgan fingerprint density at radius 3 is 2.57 bits per heavy atom. The number of para-hydroxylation sites is 1. The van der Waals surface area contributed by atoms with Crippen molar-refractivity contribution in [2.45, 2.75) is 20.4 Å². The summed E-state index contributed by atoms with van der Waals surface area (Å²) in [6, 6.07) is 7.45. The number of rotatable bonds is 5. The van der Waals surface area contributed by atoms with Crippen LogP contribution < -0.4 is 16.0 Å². The molecule has 0 aliphatic heterocycles. The van der Waals surface area contributed by atoms with Crippen LogP contribution in [0.1, 0.15) is 18.2 Å². The lowest BCUT2D eigenvalue weighted by molar-refractivity contribution is -0.118. The van der Waals surface area contributed by atoms with E-state index >= 15 is 0 Å². The maximum Gasteiger partial charge on any atom is 0.315 e. The van der Waals surface area contributed by atoms with Crippen molar-refractivity contribution < 1.29 is 14.0 Å². The van der Waals surface area contributed by atoms with E-state index in [0.717, 1.165) is 22.3 Å². The van der Waals surface area contributed by atoms with Crippen LogP contribution in [0.25, 0.3) is 11.0 Å². The molecule has 0 radical (unpaired) electrons. The van der Waals surface area contributed by atoms with E-state index < -0.39 is 0 Å². The second kappa shape index (κ2) is 6.78. The van der Waals surface area contributed by atoms with Crippen molar-refractivity contribution >= 4 is 22.9 Å². The number of urea groups is 1.